The number of anilines is 2. The monoisotopic (exact) mass is 594 g/mol. The second-order valence-electron chi connectivity index (χ2n) is 7.57. The van der Waals surface area contributed by atoms with Gasteiger partial charge in [-0.1, -0.05) is 0 Å². The van der Waals surface area contributed by atoms with E-state index in [1.165, 1.54) is 0 Å². The number of nitrogen functional groups attached to an aromatic ring is 1. The van der Waals surface area contributed by atoms with Gasteiger partial charge in [0.15, 0.2) is 0 Å². The van der Waals surface area contributed by atoms with Crippen molar-refractivity contribution in [2.45, 2.75) is 20.0 Å². The topological polar surface area (TPSA) is 122 Å². The first-order valence-electron chi connectivity index (χ1n) is 10.5. The fourth-order valence-electron chi connectivity index (χ4n) is 3.66. The number of pyridine rings is 1. The summed E-state index contributed by atoms with van der Waals surface area (Å²) in [5.74, 6) is 2.57. The van der Waals surface area contributed by atoms with Crippen LogP contribution >= 0.6 is 22.6 Å². The summed E-state index contributed by atoms with van der Waals surface area (Å²) in [6.45, 7) is 2.26. The summed E-state index contributed by atoms with van der Waals surface area (Å²) in [5, 5.41) is 12.1. The largest absolute Gasteiger partial charge is 0.497 e. The van der Waals surface area contributed by atoms with Crippen LogP contribution in [0, 0.1) is 20.6 Å². The summed E-state index contributed by atoms with van der Waals surface area (Å²) in [6, 6.07) is 10.8. The van der Waals surface area contributed by atoms with Crippen molar-refractivity contribution in [3.63, 3.8) is 0 Å². The number of ether oxygens (including phenoxy) is 4. The van der Waals surface area contributed by atoms with E-state index in [0.717, 1.165) is 11.1 Å². The highest BCUT2D eigenvalue weighted by Gasteiger charge is 2.29. The molecule has 0 fully saturated rings. The molecular formula is C24H27IN4O6. The number of methoxy groups -OCH3 is 4. The van der Waals surface area contributed by atoms with Gasteiger partial charge in [-0.15, -0.1) is 0 Å². The van der Waals surface area contributed by atoms with E-state index >= 15 is 0 Å². The Bertz CT molecular complexity index is 1180. The van der Waals surface area contributed by atoms with Crippen LogP contribution in [0.3, 0.4) is 0 Å². The SMILES string of the molecule is COc1ccc(CN(Cc2ccc(OC)cc2OC)c2nc(C)c(I)c(N)c2[N+](=O)[O-])c(OC)c1. The predicted octanol–water partition coefficient (Wildman–Crippen LogP) is 4.73. The molecule has 3 aromatic rings. The third-order valence-electron chi connectivity index (χ3n) is 5.49. The number of hydrogen-bond donors (Lipinski definition) is 1. The molecule has 2 N–H and O–H groups in total. The van der Waals surface area contributed by atoms with Gasteiger partial charge in [0.1, 0.15) is 28.7 Å². The molecule has 1 aromatic heterocycles. The fraction of sp³-hybridized carbons (Fsp3) is 0.292. The van der Waals surface area contributed by atoms with E-state index < -0.39 is 4.92 Å². The van der Waals surface area contributed by atoms with Crippen LogP contribution in [0.5, 0.6) is 23.0 Å². The van der Waals surface area contributed by atoms with Crippen LogP contribution in [-0.2, 0) is 13.1 Å². The zero-order valence-electron chi connectivity index (χ0n) is 20.1. The Labute approximate surface area is 217 Å². The average molecular weight is 594 g/mol. The lowest BCUT2D eigenvalue weighted by Gasteiger charge is -2.26. The molecule has 3 rings (SSSR count). The molecule has 0 aliphatic rings. The van der Waals surface area contributed by atoms with Crippen LogP contribution in [0.25, 0.3) is 0 Å². The second-order valence-corrected chi connectivity index (χ2v) is 8.64. The number of rotatable bonds is 10. The van der Waals surface area contributed by atoms with Gasteiger partial charge in [0.05, 0.1) is 42.6 Å². The third kappa shape index (κ3) is 5.61. The lowest BCUT2D eigenvalue weighted by molar-refractivity contribution is -0.383. The molecule has 0 spiro atoms. The molecule has 0 radical (unpaired) electrons. The summed E-state index contributed by atoms with van der Waals surface area (Å²) in [5.41, 5.74) is 8.19. The van der Waals surface area contributed by atoms with Crippen molar-refractivity contribution in [1.29, 1.82) is 0 Å². The van der Waals surface area contributed by atoms with E-state index in [2.05, 4.69) is 4.98 Å². The van der Waals surface area contributed by atoms with Crippen molar-refractivity contribution < 1.29 is 23.9 Å². The number of nitro groups is 1. The predicted molar refractivity (Wildman–Crippen MR) is 142 cm³/mol. The quantitative estimate of drug-likeness (QED) is 0.202. The molecule has 0 saturated heterocycles. The second kappa shape index (κ2) is 11.3. The number of nitrogens with two attached hydrogens (primary N) is 1. The van der Waals surface area contributed by atoms with Gasteiger partial charge in [-0.25, -0.2) is 4.98 Å². The molecule has 186 valence electrons. The molecule has 35 heavy (non-hydrogen) atoms. The van der Waals surface area contributed by atoms with Gasteiger partial charge in [-0.2, -0.15) is 0 Å². The van der Waals surface area contributed by atoms with Crippen molar-refractivity contribution in [3.8, 4) is 23.0 Å². The Balaban J connectivity index is 2.19. The lowest BCUT2D eigenvalue weighted by Crippen LogP contribution is -2.26. The Morgan fingerprint density at radius 3 is 1.83 bits per heavy atom. The zero-order chi connectivity index (χ0) is 25.7. The number of benzene rings is 2. The van der Waals surface area contributed by atoms with E-state index in [9.17, 15) is 10.1 Å². The number of nitrogens with zero attached hydrogens (tertiary/aromatic N) is 3. The highest BCUT2D eigenvalue weighted by Crippen LogP contribution is 2.39. The van der Waals surface area contributed by atoms with Crippen molar-refractivity contribution in [2.24, 2.45) is 0 Å². The molecule has 0 atom stereocenters. The molecule has 2 aromatic carbocycles. The average Bonchev–Trinajstić information content (AvgIpc) is 2.86. The maximum Gasteiger partial charge on any atom is 0.335 e. The molecule has 10 nitrogen and oxygen atoms in total. The van der Waals surface area contributed by atoms with E-state index in [0.29, 0.717) is 32.3 Å². The molecule has 0 unspecified atom stereocenters. The minimum atomic E-state index is -0.497. The Morgan fingerprint density at radius 1 is 0.943 bits per heavy atom. The first-order chi connectivity index (χ1) is 16.7. The summed E-state index contributed by atoms with van der Waals surface area (Å²) in [4.78, 5) is 18.0. The molecule has 0 aliphatic carbocycles. The van der Waals surface area contributed by atoms with Gasteiger partial charge in [0.2, 0.25) is 5.82 Å². The maximum absolute atomic E-state index is 12.1. The highest BCUT2D eigenvalue weighted by molar-refractivity contribution is 14.1. The number of aryl methyl sites for hydroxylation is 1. The van der Waals surface area contributed by atoms with Crippen molar-refractivity contribution in [2.75, 3.05) is 39.1 Å². The fourth-order valence-corrected chi connectivity index (χ4v) is 4.04. The van der Waals surface area contributed by atoms with E-state index in [1.54, 1.807) is 64.5 Å². The van der Waals surface area contributed by atoms with Crippen molar-refractivity contribution in [1.82, 2.24) is 4.98 Å². The van der Waals surface area contributed by atoms with Gasteiger partial charge >= 0.3 is 5.69 Å². The zero-order valence-corrected chi connectivity index (χ0v) is 22.3. The van der Waals surface area contributed by atoms with Crippen LogP contribution in [0.4, 0.5) is 17.2 Å². The van der Waals surface area contributed by atoms with Gasteiger partial charge in [0.25, 0.3) is 0 Å². The standard InChI is InChI=1S/C24H27IN4O6/c1-14-21(25)22(26)23(29(30)31)24(27-14)28(12-15-6-8-17(32-2)10-19(15)34-4)13-16-7-9-18(33-3)11-20(16)35-5/h6-11H,12-13H2,1-5H3,(H2,26,27). The maximum atomic E-state index is 12.1. The molecule has 0 aliphatic heterocycles. The highest BCUT2D eigenvalue weighted by atomic mass is 127. The summed E-state index contributed by atoms with van der Waals surface area (Å²) in [6.07, 6.45) is 0. The molecule has 0 saturated carbocycles. The first-order valence-corrected chi connectivity index (χ1v) is 11.6. The van der Waals surface area contributed by atoms with E-state index in [-0.39, 0.29) is 30.3 Å². The van der Waals surface area contributed by atoms with Gasteiger partial charge in [0, 0.05) is 36.3 Å². The van der Waals surface area contributed by atoms with Crippen LogP contribution in [0.1, 0.15) is 16.8 Å². The summed E-state index contributed by atoms with van der Waals surface area (Å²) < 4.78 is 22.3. The molecule has 0 bridgehead atoms. The van der Waals surface area contributed by atoms with Crippen LogP contribution in [0.2, 0.25) is 0 Å². The van der Waals surface area contributed by atoms with Crippen molar-refractivity contribution in [3.05, 3.63) is 66.9 Å². The Kier molecular flexibility index (Phi) is 8.43. The molecule has 11 heteroatoms. The third-order valence-corrected chi connectivity index (χ3v) is 6.85. The molecular weight excluding hydrogens is 567 g/mol. The first kappa shape index (κ1) is 26.1. The van der Waals surface area contributed by atoms with E-state index in [4.69, 9.17) is 24.7 Å². The lowest BCUT2D eigenvalue weighted by atomic mass is 10.1. The number of halogens is 1. The smallest absolute Gasteiger partial charge is 0.335 e. The normalized spacial score (nSPS) is 10.6. The summed E-state index contributed by atoms with van der Waals surface area (Å²) >= 11 is 1.98. The van der Waals surface area contributed by atoms with Crippen LogP contribution in [-0.4, -0.2) is 38.3 Å². The molecule has 1 heterocycles. The van der Waals surface area contributed by atoms with Gasteiger partial charge < -0.3 is 29.6 Å². The molecule has 0 amide bonds. The summed E-state index contributed by atoms with van der Waals surface area (Å²) in [7, 11) is 6.26. The Hall–Kier alpha value is -3.48. The van der Waals surface area contributed by atoms with Gasteiger partial charge in [-0.3, -0.25) is 10.1 Å². The van der Waals surface area contributed by atoms with Crippen LogP contribution < -0.4 is 29.6 Å². The van der Waals surface area contributed by atoms with Crippen molar-refractivity contribution >= 4 is 39.8 Å². The minimum Gasteiger partial charge on any atom is -0.497 e. The number of aromatic nitrogens is 1. The number of hydrogen-bond acceptors (Lipinski definition) is 9. The minimum absolute atomic E-state index is 0.0755. The van der Waals surface area contributed by atoms with Crippen LogP contribution in [0.15, 0.2) is 36.4 Å². The Morgan fingerprint density at radius 2 is 1.43 bits per heavy atom. The van der Waals surface area contributed by atoms with E-state index in [1.807, 2.05) is 34.7 Å². The van der Waals surface area contributed by atoms with Gasteiger partial charge in [-0.05, 0) is 53.8 Å².